The molecule has 1 fully saturated rings. The molecule has 0 amide bonds. The van der Waals surface area contributed by atoms with Gasteiger partial charge in [-0.05, 0) is 43.4 Å². The third kappa shape index (κ3) is 3.29. The largest absolute Gasteiger partial charge is 0.396 e. The van der Waals surface area contributed by atoms with Crippen LogP contribution < -0.4 is 0 Å². The van der Waals surface area contributed by atoms with E-state index in [-0.39, 0.29) is 0 Å². The molecule has 0 radical (unpaired) electrons. The Morgan fingerprint density at radius 3 is 3.19 bits per heavy atom. The zero-order valence-electron chi connectivity index (χ0n) is 9.68. The van der Waals surface area contributed by atoms with E-state index >= 15 is 0 Å². The molecule has 3 heteroatoms. The lowest BCUT2D eigenvalue weighted by Gasteiger charge is -2.31. The van der Waals surface area contributed by atoms with E-state index in [0.717, 1.165) is 19.5 Å². The van der Waals surface area contributed by atoms with Gasteiger partial charge in [0.05, 0.1) is 0 Å². The maximum atomic E-state index is 9.16. The first-order valence-corrected chi connectivity index (χ1v) is 6.10. The Morgan fingerprint density at radius 1 is 1.50 bits per heavy atom. The molecule has 0 aliphatic carbocycles. The van der Waals surface area contributed by atoms with Crippen LogP contribution in [0.3, 0.4) is 0 Å². The van der Waals surface area contributed by atoms with Gasteiger partial charge in [0.2, 0.25) is 0 Å². The quantitative estimate of drug-likeness (QED) is 0.831. The number of likely N-dealkylation sites (tertiary alicyclic amines) is 1. The summed E-state index contributed by atoms with van der Waals surface area (Å²) in [5, 5.41) is 9.16. The lowest BCUT2D eigenvalue weighted by atomic mass is 9.99. The fourth-order valence-electron chi connectivity index (χ4n) is 2.34. The second kappa shape index (κ2) is 5.97. The first-order chi connectivity index (χ1) is 7.88. The second-order valence-electron chi connectivity index (χ2n) is 4.60. The maximum Gasteiger partial charge on any atom is 0.0471 e. The number of piperidine rings is 1. The summed E-state index contributed by atoms with van der Waals surface area (Å²) >= 11 is 0. The van der Waals surface area contributed by atoms with Crippen molar-refractivity contribution in [3.05, 3.63) is 30.1 Å². The highest BCUT2D eigenvalue weighted by molar-refractivity contribution is 5.08. The molecule has 0 spiro atoms. The molecular weight excluding hydrogens is 200 g/mol. The average molecular weight is 220 g/mol. The minimum atomic E-state index is 0.337. The lowest BCUT2D eigenvalue weighted by molar-refractivity contribution is 0.121. The van der Waals surface area contributed by atoms with Crippen LogP contribution >= 0.6 is 0 Å². The monoisotopic (exact) mass is 220 g/mol. The minimum absolute atomic E-state index is 0.337. The van der Waals surface area contributed by atoms with Crippen LogP contribution in [0.25, 0.3) is 0 Å². The second-order valence-corrected chi connectivity index (χ2v) is 4.60. The molecule has 2 rings (SSSR count). The van der Waals surface area contributed by atoms with Gasteiger partial charge in [-0.15, -0.1) is 0 Å². The van der Waals surface area contributed by atoms with Crippen molar-refractivity contribution in [2.75, 3.05) is 26.2 Å². The maximum absolute atomic E-state index is 9.16. The van der Waals surface area contributed by atoms with Crippen LogP contribution in [0.15, 0.2) is 24.5 Å². The predicted molar refractivity (Wildman–Crippen MR) is 64.2 cm³/mol. The number of aliphatic hydroxyl groups excluding tert-OH is 1. The van der Waals surface area contributed by atoms with E-state index in [1.165, 1.54) is 24.9 Å². The van der Waals surface area contributed by atoms with E-state index in [9.17, 15) is 0 Å². The third-order valence-corrected chi connectivity index (χ3v) is 3.30. The molecule has 1 aliphatic heterocycles. The highest BCUT2D eigenvalue weighted by Gasteiger charge is 2.18. The summed E-state index contributed by atoms with van der Waals surface area (Å²) < 4.78 is 0. The molecule has 1 aromatic rings. The number of aromatic nitrogens is 1. The highest BCUT2D eigenvalue weighted by atomic mass is 16.3. The highest BCUT2D eigenvalue weighted by Crippen LogP contribution is 2.15. The summed E-state index contributed by atoms with van der Waals surface area (Å²) in [5.74, 6) is 0.489. The Kier molecular flexibility index (Phi) is 4.31. The van der Waals surface area contributed by atoms with Crippen LogP contribution in [0.4, 0.5) is 0 Å². The van der Waals surface area contributed by atoms with Crippen molar-refractivity contribution in [3.63, 3.8) is 0 Å². The molecule has 88 valence electrons. The molecule has 3 nitrogen and oxygen atoms in total. The van der Waals surface area contributed by atoms with Gasteiger partial charge in [-0.1, -0.05) is 6.07 Å². The number of nitrogens with zero attached hydrogens (tertiary/aromatic N) is 2. The molecule has 0 aromatic carbocycles. The van der Waals surface area contributed by atoms with E-state index in [1.54, 1.807) is 0 Å². The van der Waals surface area contributed by atoms with E-state index in [2.05, 4.69) is 16.0 Å². The van der Waals surface area contributed by atoms with Crippen molar-refractivity contribution in [2.45, 2.75) is 19.3 Å². The van der Waals surface area contributed by atoms with Crippen LogP contribution in [0.5, 0.6) is 0 Å². The zero-order chi connectivity index (χ0) is 11.2. The van der Waals surface area contributed by atoms with E-state index in [4.69, 9.17) is 5.11 Å². The first kappa shape index (κ1) is 11.6. The molecule has 0 bridgehead atoms. The summed E-state index contributed by atoms with van der Waals surface area (Å²) in [7, 11) is 0. The van der Waals surface area contributed by atoms with Crippen molar-refractivity contribution in [2.24, 2.45) is 5.92 Å². The predicted octanol–water partition coefficient (Wildman–Crippen LogP) is 1.33. The average Bonchev–Trinajstić information content (AvgIpc) is 2.38. The molecular formula is C13H20N2O. The topological polar surface area (TPSA) is 36.4 Å². The molecule has 1 aliphatic rings. The Morgan fingerprint density at radius 2 is 2.44 bits per heavy atom. The smallest absolute Gasteiger partial charge is 0.0471 e. The van der Waals surface area contributed by atoms with Gasteiger partial charge in [-0.25, -0.2) is 0 Å². The Balaban J connectivity index is 1.77. The number of rotatable bonds is 4. The van der Waals surface area contributed by atoms with E-state index in [1.807, 2.05) is 18.5 Å². The van der Waals surface area contributed by atoms with Gasteiger partial charge in [-0.3, -0.25) is 4.98 Å². The normalized spacial score (nSPS) is 22.2. The van der Waals surface area contributed by atoms with Gasteiger partial charge in [0, 0.05) is 32.1 Å². The molecule has 16 heavy (non-hydrogen) atoms. The lowest BCUT2D eigenvalue weighted by Crippen LogP contribution is -2.37. The molecule has 2 heterocycles. The van der Waals surface area contributed by atoms with Gasteiger partial charge < -0.3 is 10.0 Å². The Bertz CT molecular complexity index is 302. The Labute approximate surface area is 97.1 Å². The third-order valence-electron chi connectivity index (χ3n) is 3.30. The fourth-order valence-corrected chi connectivity index (χ4v) is 2.34. The fraction of sp³-hybridized carbons (Fsp3) is 0.615. The number of pyridine rings is 1. The number of hydrogen-bond acceptors (Lipinski definition) is 3. The van der Waals surface area contributed by atoms with Crippen molar-refractivity contribution in [3.8, 4) is 0 Å². The standard InChI is InChI=1S/C13H20N2O/c16-11-13-4-2-7-15(10-13)8-5-12-3-1-6-14-9-12/h1,3,6,9,13,16H,2,4-5,7-8,10-11H2. The van der Waals surface area contributed by atoms with E-state index in [0.29, 0.717) is 12.5 Å². The van der Waals surface area contributed by atoms with Gasteiger partial charge in [0.1, 0.15) is 0 Å². The molecule has 1 saturated heterocycles. The SMILES string of the molecule is OCC1CCCN(CCc2cccnc2)C1. The first-order valence-electron chi connectivity index (χ1n) is 6.10. The molecule has 1 unspecified atom stereocenters. The summed E-state index contributed by atoms with van der Waals surface area (Å²) in [6.45, 7) is 3.65. The van der Waals surface area contributed by atoms with E-state index < -0.39 is 0 Å². The van der Waals surface area contributed by atoms with Crippen LogP contribution in [0.2, 0.25) is 0 Å². The Hall–Kier alpha value is -0.930. The van der Waals surface area contributed by atoms with Crippen LogP contribution in [-0.4, -0.2) is 41.2 Å². The van der Waals surface area contributed by atoms with Gasteiger partial charge in [-0.2, -0.15) is 0 Å². The zero-order valence-corrected chi connectivity index (χ0v) is 9.68. The summed E-state index contributed by atoms with van der Waals surface area (Å²) in [5.41, 5.74) is 1.30. The van der Waals surface area contributed by atoms with Gasteiger partial charge >= 0.3 is 0 Å². The van der Waals surface area contributed by atoms with Gasteiger partial charge in [0.15, 0.2) is 0 Å². The van der Waals surface area contributed by atoms with Crippen molar-refractivity contribution >= 4 is 0 Å². The van der Waals surface area contributed by atoms with Crippen LogP contribution in [0, 0.1) is 5.92 Å². The van der Waals surface area contributed by atoms with Gasteiger partial charge in [0.25, 0.3) is 0 Å². The molecule has 1 atom stereocenters. The number of aliphatic hydroxyl groups is 1. The van der Waals surface area contributed by atoms with Crippen molar-refractivity contribution < 1.29 is 5.11 Å². The molecule has 1 aromatic heterocycles. The molecule has 1 N–H and O–H groups in total. The summed E-state index contributed by atoms with van der Waals surface area (Å²) in [6.07, 6.45) is 7.21. The van der Waals surface area contributed by atoms with Crippen molar-refractivity contribution in [1.29, 1.82) is 0 Å². The summed E-state index contributed by atoms with van der Waals surface area (Å²) in [6, 6.07) is 4.11. The minimum Gasteiger partial charge on any atom is -0.396 e. The van der Waals surface area contributed by atoms with Crippen molar-refractivity contribution in [1.82, 2.24) is 9.88 Å². The van der Waals surface area contributed by atoms with Crippen LogP contribution in [-0.2, 0) is 6.42 Å². The van der Waals surface area contributed by atoms with Crippen LogP contribution in [0.1, 0.15) is 18.4 Å². The molecule has 0 saturated carbocycles. The summed E-state index contributed by atoms with van der Waals surface area (Å²) in [4.78, 5) is 6.58. The number of hydrogen-bond donors (Lipinski definition) is 1.